The molecule has 3 rings (SSSR count). The van der Waals surface area contributed by atoms with E-state index in [1.807, 2.05) is 0 Å². The molecule has 0 bridgehead atoms. The summed E-state index contributed by atoms with van der Waals surface area (Å²) in [6, 6.07) is 8.40. The van der Waals surface area contributed by atoms with E-state index in [2.05, 4.69) is 10.1 Å². The Hall–Kier alpha value is -2.76. The number of rotatable bonds is 2. The Morgan fingerprint density at radius 3 is 2.65 bits per heavy atom. The van der Waals surface area contributed by atoms with Crippen LogP contribution in [0.1, 0.15) is 0 Å². The Labute approximate surface area is 112 Å². The molecular weight excluding hydrogens is 264 g/mol. The zero-order valence-corrected chi connectivity index (χ0v) is 10.2. The lowest BCUT2D eigenvalue weighted by Crippen LogP contribution is -1.93. The van der Waals surface area contributed by atoms with Crippen molar-refractivity contribution in [1.82, 2.24) is 10.1 Å². The molecule has 100 valence electrons. The number of hydrogen-bond acceptors (Lipinski definition) is 4. The largest absolute Gasteiger partial charge is 0.380 e. The van der Waals surface area contributed by atoms with E-state index >= 15 is 0 Å². The fourth-order valence-corrected chi connectivity index (χ4v) is 1.93. The molecule has 0 aliphatic heterocycles. The molecule has 0 spiro atoms. The topological polar surface area (TPSA) is 64.9 Å². The normalized spacial score (nSPS) is 10.7. The van der Waals surface area contributed by atoms with Crippen LogP contribution >= 0.6 is 0 Å². The van der Waals surface area contributed by atoms with Gasteiger partial charge in [0.05, 0.1) is 5.56 Å². The van der Waals surface area contributed by atoms with Gasteiger partial charge in [-0.2, -0.15) is 0 Å². The van der Waals surface area contributed by atoms with Crippen molar-refractivity contribution in [3.8, 4) is 22.6 Å². The van der Waals surface area contributed by atoms with E-state index < -0.39 is 11.6 Å². The van der Waals surface area contributed by atoms with E-state index in [1.165, 1.54) is 6.07 Å². The third-order valence-corrected chi connectivity index (χ3v) is 2.82. The summed E-state index contributed by atoms with van der Waals surface area (Å²) in [5.74, 6) is -1.14. The van der Waals surface area contributed by atoms with Crippen molar-refractivity contribution < 1.29 is 13.3 Å². The minimum absolute atomic E-state index is 0.0242. The molecule has 4 nitrogen and oxygen atoms in total. The zero-order valence-electron chi connectivity index (χ0n) is 10.2. The molecule has 0 aliphatic rings. The summed E-state index contributed by atoms with van der Waals surface area (Å²) >= 11 is 0. The van der Waals surface area contributed by atoms with E-state index in [0.29, 0.717) is 5.69 Å². The van der Waals surface area contributed by atoms with Crippen LogP contribution in [0.25, 0.3) is 22.6 Å². The highest BCUT2D eigenvalue weighted by Gasteiger charge is 2.21. The third kappa shape index (κ3) is 2.01. The molecule has 0 saturated carbocycles. The van der Waals surface area contributed by atoms with Crippen LogP contribution in [0, 0.1) is 11.6 Å². The highest BCUT2D eigenvalue weighted by atomic mass is 19.1. The second-order valence-electron chi connectivity index (χ2n) is 4.11. The van der Waals surface area contributed by atoms with Crippen LogP contribution in [0.4, 0.5) is 14.6 Å². The molecule has 3 aromatic rings. The maximum atomic E-state index is 13.9. The van der Waals surface area contributed by atoms with Crippen molar-refractivity contribution in [1.29, 1.82) is 0 Å². The number of aromatic nitrogens is 2. The SMILES string of the molecule is Nc1noc(-c2ccccn2)c1-c1ccc(F)cc1F. The van der Waals surface area contributed by atoms with E-state index in [-0.39, 0.29) is 22.7 Å². The number of nitrogen functional groups attached to an aromatic ring is 1. The average Bonchev–Trinajstić information content (AvgIpc) is 2.82. The molecule has 0 fully saturated rings. The minimum Gasteiger partial charge on any atom is -0.380 e. The van der Waals surface area contributed by atoms with Gasteiger partial charge in [-0.05, 0) is 24.3 Å². The van der Waals surface area contributed by atoms with Gasteiger partial charge in [-0.15, -0.1) is 0 Å². The maximum Gasteiger partial charge on any atom is 0.195 e. The van der Waals surface area contributed by atoms with Crippen LogP contribution in [0.2, 0.25) is 0 Å². The Kier molecular flexibility index (Phi) is 2.90. The van der Waals surface area contributed by atoms with Gasteiger partial charge in [0.25, 0.3) is 0 Å². The van der Waals surface area contributed by atoms with Crippen molar-refractivity contribution in [3.63, 3.8) is 0 Å². The second-order valence-corrected chi connectivity index (χ2v) is 4.11. The van der Waals surface area contributed by atoms with Crippen LogP contribution in [0.5, 0.6) is 0 Å². The van der Waals surface area contributed by atoms with Gasteiger partial charge in [-0.25, -0.2) is 8.78 Å². The first-order chi connectivity index (χ1) is 9.66. The maximum absolute atomic E-state index is 13.9. The molecule has 0 aliphatic carbocycles. The van der Waals surface area contributed by atoms with Crippen molar-refractivity contribution in [2.45, 2.75) is 0 Å². The van der Waals surface area contributed by atoms with Gasteiger partial charge in [0.2, 0.25) is 0 Å². The Morgan fingerprint density at radius 1 is 1.10 bits per heavy atom. The number of nitrogens with zero attached hydrogens (tertiary/aromatic N) is 2. The zero-order chi connectivity index (χ0) is 14.1. The summed E-state index contributed by atoms with van der Waals surface area (Å²) in [4.78, 5) is 4.11. The lowest BCUT2D eigenvalue weighted by atomic mass is 10.0. The smallest absolute Gasteiger partial charge is 0.195 e. The van der Waals surface area contributed by atoms with Crippen molar-refractivity contribution >= 4 is 5.82 Å². The first-order valence-corrected chi connectivity index (χ1v) is 5.79. The molecular formula is C14H9F2N3O. The summed E-state index contributed by atoms with van der Waals surface area (Å²) in [7, 11) is 0. The van der Waals surface area contributed by atoms with Gasteiger partial charge in [-0.3, -0.25) is 4.98 Å². The molecule has 2 aromatic heterocycles. The minimum atomic E-state index is -0.739. The lowest BCUT2D eigenvalue weighted by molar-refractivity contribution is 0.435. The lowest BCUT2D eigenvalue weighted by Gasteiger charge is -2.04. The first kappa shape index (κ1) is 12.3. The standard InChI is InChI=1S/C14H9F2N3O/c15-8-4-5-9(10(16)7-8)12-13(20-19-14(12)17)11-3-1-2-6-18-11/h1-7H,(H2,17,19). The van der Waals surface area contributed by atoms with Crippen molar-refractivity contribution in [2.24, 2.45) is 0 Å². The predicted molar refractivity (Wildman–Crippen MR) is 69.5 cm³/mol. The molecule has 2 heterocycles. The number of halogens is 2. The number of anilines is 1. The molecule has 0 atom stereocenters. The predicted octanol–water partition coefficient (Wildman–Crippen LogP) is 3.26. The van der Waals surface area contributed by atoms with Gasteiger partial charge < -0.3 is 10.3 Å². The fourth-order valence-electron chi connectivity index (χ4n) is 1.93. The highest BCUT2D eigenvalue weighted by molar-refractivity contribution is 5.85. The van der Waals surface area contributed by atoms with Crippen LogP contribution in [-0.4, -0.2) is 10.1 Å². The van der Waals surface area contributed by atoms with Gasteiger partial charge in [0.1, 0.15) is 17.3 Å². The van der Waals surface area contributed by atoms with Crippen LogP contribution in [0.3, 0.4) is 0 Å². The van der Waals surface area contributed by atoms with Crippen molar-refractivity contribution in [3.05, 3.63) is 54.2 Å². The summed E-state index contributed by atoms with van der Waals surface area (Å²) < 4.78 is 32.0. The van der Waals surface area contributed by atoms with Crippen LogP contribution in [-0.2, 0) is 0 Å². The summed E-state index contributed by atoms with van der Waals surface area (Å²) in [5, 5.41) is 3.64. The summed E-state index contributed by atoms with van der Waals surface area (Å²) in [5.41, 5.74) is 6.57. The fraction of sp³-hybridized carbons (Fsp3) is 0. The van der Waals surface area contributed by atoms with E-state index in [1.54, 1.807) is 24.4 Å². The average molecular weight is 273 g/mol. The summed E-state index contributed by atoms with van der Waals surface area (Å²) in [6.45, 7) is 0. The molecule has 2 N–H and O–H groups in total. The summed E-state index contributed by atoms with van der Waals surface area (Å²) in [6.07, 6.45) is 1.57. The molecule has 0 amide bonds. The molecule has 0 saturated heterocycles. The van der Waals surface area contributed by atoms with Crippen LogP contribution < -0.4 is 5.73 Å². The van der Waals surface area contributed by atoms with E-state index in [4.69, 9.17) is 10.3 Å². The Bertz CT molecular complexity index is 756. The van der Waals surface area contributed by atoms with Gasteiger partial charge in [-0.1, -0.05) is 11.2 Å². The third-order valence-electron chi connectivity index (χ3n) is 2.82. The number of benzene rings is 1. The number of pyridine rings is 1. The quantitative estimate of drug-likeness (QED) is 0.778. The van der Waals surface area contributed by atoms with Crippen molar-refractivity contribution in [2.75, 3.05) is 5.73 Å². The first-order valence-electron chi connectivity index (χ1n) is 5.79. The molecule has 0 unspecified atom stereocenters. The monoisotopic (exact) mass is 273 g/mol. The number of nitrogens with two attached hydrogens (primary N) is 1. The van der Waals surface area contributed by atoms with E-state index in [0.717, 1.165) is 12.1 Å². The second kappa shape index (κ2) is 4.73. The number of hydrogen-bond donors (Lipinski definition) is 1. The van der Waals surface area contributed by atoms with Gasteiger partial charge in [0.15, 0.2) is 11.6 Å². The molecule has 1 aromatic carbocycles. The molecule has 20 heavy (non-hydrogen) atoms. The van der Waals surface area contributed by atoms with Gasteiger partial charge in [0, 0.05) is 17.8 Å². The van der Waals surface area contributed by atoms with E-state index in [9.17, 15) is 8.78 Å². The highest BCUT2D eigenvalue weighted by Crippen LogP contribution is 2.36. The van der Waals surface area contributed by atoms with Gasteiger partial charge >= 0.3 is 0 Å². The molecule has 0 radical (unpaired) electrons. The Morgan fingerprint density at radius 2 is 1.95 bits per heavy atom. The van der Waals surface area contributed by atoms with Crippen LogP contribution in [0.15, 0.2) is 47.1 Å². The Balaban J connectivity index is 2.22. The molecule has 6 heteroatoms.